The Hall–Kier alpha value is -1.56. The van der Waals surface area contributed by atoms with Crippen LogP contribution in [-0.4, -0.2) is 54.4 Å². The van der Waals surface area contributed by atoms with Gasteiger partial charge < -0.3 is 15.1 Å². The van der Waals surface area contributed by atoms with Crippen LogP contribution >= 0.6 is 11.3 Å². The van der Waals surface area contributed by atoms with Crippen molar-refractivity contribution in [2.45, 2.75) is 33.7 Å². The number of aryl methyl sites for hydroxylation is 1. The fraction of sp³-hybridized carbons (Fsp3) is 0.625. The van der Waals surface area contributed by atoms with E-state index in [1.807, 2.05) is 16.2 Å². The maximum Gasteiger partial charge on any atom is 0.219 e. The van der Waals surface area contributed by atoms with E-state index < -0.39 is 0 Å². The van der Waals surface area contributed by atoms with Gasteiger partial charge in [0.25, 0.3) is 0 Å². The monoisotopic (exact) mass is 322 g/mol. The molecule has 1 N–H and O–H groups in total. The highest BCUT2D eigenvalue weighted by molar-refractivity contribution is 7.11. The highest BCUT2D eigenvalue weighted by Gasteiger charge is 2.20. The number of guanidine groups is 1. The molecule has 0 spiro atoms. The average molecular weight is 322 g/mol. The molecule has 6 heteroatoms. The second kappa shape index (κ2) is 8.17. The molecule has 1 amide bonds. The minimum Gasteiger partial charge on any atom is -0.357 e. The zero-order valence-electron chi connectivity index (χ0n) is 13.8. The minimum atomic E-state index is 0.160. The summed E-state index contributed by atoms with van der Waals surface area (Å²) in [5.74, 6) is 1.12. The van der Waals surface area contributed by atoms with E-state index in [4.69, 9.17) is 4.99 Å². The number of hydrogen-bond acceptors (Lipinski definition) is 3. The van der Waals surface area contributed by atoms with Crippen LogP contribution in [0.2, 0.25) is 0 Å². The number of amides is 1. The number of rotatable bonds is 4. The van der Waals surface area contributed by atoms with Gasteiger partial charge in [0.05, 0.1) is 6.54 Å². The van der Waals surface area contributed by atoms with Gasteiger partial charge in [0.15, 0.2) is 5.96 Å². The number of carbonyl (C=O) groups excluding carboxylic acids is 1. The molecule has 22 heavy (non-hydrogen) atoms. The van der Waals surface area contributed by atoms with E-state index in [0.29, 0.717) is 0 Å². The third kappa shape index (κ3) is 4.47. The van der Waals surface area contributed by atoms with E-state index in [9.17, 15) is 4.79 Å². The molecule has 1 aliphatic rings. The number of aliphatic imine (C=N–C) groups is 1. The molecule has 5 nitrogen and oxygen atoms in total. The Morgan fingerprint density at radius 3 is 2.36 bits per heavy atom. The van der Waals surface area contributed by atoms with Crippen LogP contribution in [-0.2, 0) is 17.8 Å². The van der Waals surface area contributed by atoms with Gasteiger partial charge in [-0.15, -0.1) is 11.3 Å². The Labute approximate surface area is 137 Å². The fourth-order valence-corrected chi connectivity index (χ4v) is 3.39. The van der Waals surface area contributed by atoms with E-state index in [0.717, 1.165) is 51.6 Å². The van der Waals surface area contributed by atoms with E-state index >= 15 is 0 Å². The topological polar surface area (TPSA) is 47.9 Å². The van der Waals surface area contributed by atoms with Crippen molar-refractivity contribution < 1.29 is 4.79 Å². The second-order valence-electron chi connectivity index (χ2n) is 5.38. The Kier molecular flexibility index (Phi) is 6.24. The summed E-state index contributed by atoms with van der Waals surface area (Å²) < 4.78 is 0. The quantitative estimate of drug-likeness (QED) is 0.681. The first-order valence-electron chi connectivity index (χ1n) is 8.00. The fourth-order valence-electron chi connectivity index (χ4n) is 2.51. The van der Waals surface area contributed by atoms with Crippen LogP contribution in [0.1, 0.15) is 30.5 Å². The van der Waals surface area contributed by atoms with Crippen LogP contribution in [0.5, 0.6) is 0 Å². The van der Waals surface area contributed by atoms with Gasteiger partial charge in [0, 0.05) is 49.4 Å². The smallest absolute Gasteiger partial charge is 0.219 e. The Morgan fingerprint density at radius 2 is 1.82 bits per heavy atom. The zero-order chi connectivity index (χ0) is 15.9. The first kappa shape index (κ1) is 16.8. The molecule has 1 aromatic heterocycles. The molecular formula is C16H26N4OS. The molecule has 1 saturated heterocycles. The van der Waals surface area contributed by atoms with Crippen LogP contribution < -0.4 is 5.32 Å². The third-order valence-electron chi connectivity index (χ3n) is 3.81. The van der Waals surface area contributed by atoms with Crippen molar-refractivity contribution in [1.82, 2.24) is 15.1 Å². The maximum atomic E-state index is 11.4. The predicted molar refractivity (Wildman–Crippen MR) is 92.3 cm³/mol. The van der Waals surface area contributed by atoms with Gasteiger partial charge in [0.1, 0.15) is 0 Å². The van der Waals surface area contributed by atoms with Crippen LogP contribution in [0.3, 0.4) is 0 Å². The van der Waals surface area contributed by atoms with Crippen molar-refractivity contribution in [2.24, 2.45) is 4.99 Å². The summed E-state index contributed by atoms with van der Waals surface area (Å²) in [6, 6.07) is 4.36. The summed E-state index contributed by atoms with van der Waals surface area (Å²) in [6.07, 6.45) is 1.08. The molecular weight excluding hydrogens is 296 g/mol. The summed E-state index contributed by atoms with van der Waals surface area (Å²) in [5, 5.41) is 3.36. The van der Waals surface area contributed by atoms with Crippen molar-refractivity contribution in [3.05, 3.63) is 21.9 Å². The second-order valence-corrected chi connectivity index (χ2v) is 6.64. The molecule has 1 aromatic rings. The number of carbonyl (C=O) groups is 1. The van der Waals surface area contributed by atoms with Crippen LogP contribution in [0.15, 0.2) is 17.1 Å². The Balaban J connectivity index is 1.97. The van der Waals surface area contributed by atoms with Gasteiger partial charge in [-0.3, -0.25) is 4.79 Å². The van der Waals surface area contributed by atoms with E-state index in [1.165, 1.54) is 9.75 Å². The molecule has 0 saturated carbocycles. The SMILES string of the molecule is CCNC(=NCc1ccc(CC)s1)N1CCN(C(C)=O)CC1. The summed E-state index contributed by atoms with van der Waals surface area (Å²) in [7, 11) is 0. The number of nitrogens with zero attached hydrogens (tertiary/aromatic N) is 3. The third-order valence-corrected chi connectivity index (χ3v) is 5.02. The predicted octanol–water partition coefficient (Wildman–Crippen LogP) is 1.94. The van der Waals surface area contributed by atoms with E-state index in [1.54, 1.807) is 6.92 Å². The lowest BCUT2D eigenvalue weighted by molar-refractivity contribution is -0.130. The van der Waals surface area contributed by atoms with Crippen LogP contribution in [0, 0.1) is 0 Å². The first-order valence-corrected chi connectivity index (χ1v) is 8.82. The molecule has 0 atom stereocenters. The summed E-state index contributed by atoms with van der Waals surface area (Å²) in [6.45, 7) is 10.7. The molecule has 0 unspecified atom stereocenters. The number of nitrogens with one attached hydrogen (secondary N) is 1. The van der Waals surface area contributed by atoms with Crippen molar-refractivity contribution in [2.75, 3.05) is 32.7 Å². The highest BCUT2D eigenvalue weighted by Crippen LogP contribution is 2.17. The average Bonchev–Trinajstić information content (AvgIpc) is 2.99. The molecule has 122 valence electrons. The molecule has 2 rings (SSSR count). The van der Waals surface area contributed by atoms with Gasteiger partial charge in [-0.25, -0.2) is 4.99 Å². The van der Waals surface area contributed by atoms with Gasteiger partial charge in [0.2, 0.25) is 5.91 Å². The van der Waals surface area contributed by atoms with Crippen molar-refractivity contribution in [3.8, 4) is 0 Å². The molecule has 2 heterocycles. The van der Waals surface area contributed by atoms with Crippen molar-refractivity contribution >= 4 is 23.2 Å². The molecule has 1 aliphatic heterocycles. The largest absolute Gasteiger partial charge is 0.357 e. The van der Waals surface area contributed by atoms with Crippen LogP contribution in [0.4, 0.5) is 0 Å². The Bertz CT molecular complexity index is 518. The number of hydrogen-bond donors (Lipinski definition) is 1. The minimum absolute atomic E-state index is 0.160. The molecule has 0 bridgehead atoms. The van der Waals surface area contributed by atoms with Gasteiger partial charge in [-0.1, -0.05) is 6.92 Å². The normalized spacial score (nSPS) is 16.0. The van der Waals surface area contributed by atoms with Gasteiger partial charge in [-0.2, -0.15) is 0 Å². The first-order chi connectivity index (χ1) is 10.6. The molecule has 0 aliphatic carbocycles. The summed E-state index contributed by atoms with van der Waals surface area (Å²) in [5.41, 5.74) is 0. The number of thiophene rings is 1. The summed E-state index contributed by atoms with van der Waals surface area (Å²) >= 11 is 1.84. The van der Waals surface area contributed by atoms with E-state index in [-0.39, 0.29) is 5.91 Å². The Morgan fingerprint density at radius 1 is 1.18 bits per heavy atom. The van der Waals surface area contributed by atoms with Crippen molar-refractivity contribution in [1.29, 1.82) is 0 Å². The van der Waals surface area contributed by atoms with Crippen molar-refractivity contribution in [3.63, 3.8) is 0 Å². The standard InChI is InChI=1S/C16H26N4OS/c1-4-14-6-7-15(22-14)12-18-16(17-5-2)20-10-8-19(9-11-20)13(3)21/h6-7H,4-5,8-12H2,1-3H3,(H,17,18). The van der Waals surface area contributed by atoms with E-state index in [2.05, 4.69) is 36.2 Å². The lowest BCUT2D eigenvalue weighted by Gasteiger charge is -2.36. The molecule has 1 fully saturated rings. The highest BCUT2D eigenvalue weighted by atomic mass is 32.1. The number of piperazine rings is 1. The van der Waals surface area contributed by atoms with Crippen LogP contribution in [0.25, 0.3) is 0 Å². The molecule has 0 radical (unpaired) electrons. The summed E-state index contributed by atoms with van der Waals surface area (Å²) in [4.78, 5) is 23.0. The van der Waals surface area contributed by atoms with Gasteiger partial charge >= 0.3 is 0 Å². The maximum absolute atomic E-state index is 11.4. The lowest BCUT2D eigenvalue weighted by Crippen LogP contribution is -2.53. The lowest BCUT2D eigenvalue weighted by atomic mass is 10.3. The molecule has 0 aromatic carbocycles. The van der Waals surface area contributed by atoms with Gasteiger partial charge in [-0.05, 0) is 25.5 Å². The zero-order valence-corrected chi connectivity index (χ0v) is 14.6.